The first-order chi connectivity index (χ1) is 11.6. The lowest BCUT2D eigenvalue weighted by Crippen LogP contribution is -2.45. The predicted molar refractivity (Wildman–Crippen MR) is 97.9 cm³/mol. The van der Waals surface area contributed by atoms with Crippen LogP contribution in [-0.2, 0) is 24.2 Å². The van der Waals surface area contributed by atoms with Crippen molar-refractivity contribution >= 4 is 5.91 Å². The molecule has 1 N–H and O–H groups in total. The van der Waals surface area contributed by atoms with Gasteiger partial charge >= 0.3 is 0 Å². The molecule has 0 aromatic heterocycles. The Morgan fingerprint density at radius 3 is 2.75 bits per heavy atom. The number of likely N-dealkylation sites (N-methyl/N-ethyl adjacent to an activating group) is 1. The second kappa shape index (κ2) is 7.63. The average Bonchev–Trinajstić information content (AvgIpc) is 2.59. The molecule has 3 nitrogen and oxygen atoms in total. The SMILES string of the molecule is Cc1cccc2c1C[C@H](CNC(=O)CCc1ccccc1)N(C)C2. The third-order valence-corrected chi connectivity index (χ3v) is 5.01. The van der Waals surface area contributed by atoms with E-state index in [9.17, 15) is 4.79 Å². The van der Waals surface area contributed by atoms with E-state index < -0.39 is 0 Å². The molecule has 3 heteroatoms. The number of aryl methyl sites for hydroxylation is 2. The summed E-state index contributed by atoms with van der Waals surface area (Å²) in [4.78, 5) is 14.5. The minimum Gasteiger partial charge on any atom is -0.355 e. The first-order valence-corrected chi connectivity index (χ1v) is 8.71. The number of fused-ring (bicyclic) bond motifs is 1. The van der Waals surface area contributed by atoms with Crippen LogP contribution in [0.3, 0.4) is 0 Å². The fraction of sp³-hybridized carbons (Fsp3) is 0.381. The van der Waals surface area contributed by atoms with Gasteiger partial charge in [-0.15, -0.1) is 0 Å². The highest BCUT2D eigenvalue weighted by molar-refractivity contribution is 5.76. The Morgan fingerprint density at radius 2 is 1.96 bits per heavy atom. The van der Waals surface area contributed by atoms with Crippen LogP contribution >= 0.6 is 0 Å². The molecular formula is C21H26N2O. The molecule has 24 heavy (non-hydrogen) atoms. The molecule has 126 valence electrons. The predicted octanol–water partition coefficient (Wildman–Crippen LogP) is 3.10. The van der Waals surface area contributed by atoms with Crippen LogP contribution in [0.5, 0.6) is 0 Å². The first kappa shape index (κ1) is 16.7. The van der Waals surface area contributed by atoms with Gasteiger partial charge in [0.25, 0.3) is 0 Å². The Balaban J connectivity index is 1.51. The molecule has 0 fully saturated rings. The van der Waals surface area contributed by atoms with Crippen molar-refractivity contribution in [3.63, 3.8) is 0 Å². The number of nitrogens with one attached hydrogen (secondary N) is 1. The molecular weight excluding hydrogens is 296 g/mol. The molecule has 0 bridgehead atoms. The second-order valence-electron chi connectivity index (χ2n) is 6.78. The molecule has 2 aromatic carbocycles. The maximum absolute atomic E-state index is 12.1. The van der Waals surface area contributed by atoms with Crippen molar-refractivity contribution in [1.29, 1.82) is 0 Å². The van der Waals surface area contributed by atoms with E-state index in [2.05, 4.69) is 54.5 Å². The maximum atomic E-state index is 12.1. The van der Waals surface area contributed by atoms with Gasteiger partial charge in [0.15, 0.2) is 0 Å². The molecule has 1 amide bonds. The Labute approximate surface area is 144 Å². The van der Waals surface area contributed by atoms with Gasteiger partial charge in [0.1, 0.15) is 0 Å². The Hall–Kier alpha value is -2.13. The standard InChI is InChI=1S/C21H26N2O/c1-16-7-6-10-18-15-23(2)19(13-20(16)18)14-22-21(24)12-11-17-8-4-3-5-9-17/h3-10,19H,11-15H2,1-2H3,(H,22,24)/t19-/m1/s1. The van der Waals surface area contributed by atoms with E-state index in [4.69, 9.17) is 0 Å². The smallest absolute Gasteiger partial charge is 0.220 e. The number of nitrogens with zero attached hydrogens (tertiary/aromatic N) is 1. The number of hydrogen-bond donors (Lipinski definition) is 1. The van der Waals surface area contributed by atoms with E-state index >= 15 is 0 Å². The van der Waals surface area contributed by atoms with Crippen LogP contribution in [0.15, 0.2) is 48.5 Å². The summed E-state index contributed by atoms with van der Waals surface area (Å²) in [5, 5.41) is 3.12. The molecule has 3 rings (SSSR count). The van der Waals surface area contributed by atoms with E-state index in [0.717, 1.165) is 25.9 Å². The van der Waals surface area contributed by atoms with Crippen molar-refractivity contribution in [2.45, 2.75) is 38.8 Å². The van der Waals surface area contributed by atoms with Gasteiger partial charge in [-0.1, -0.05) is 48.5 Å². The van der Waals surface area contributed by atoms with Gasteiger partial charge in [0.05, 0.1) is 0 Å². The minimum absolute atomic E-state index is 0.142. The number of carbonyl (C=O) groups is 1. The normalized spacial score (nSPS) is 17.3. The Morgan fingerprint density at radius 1 is 1.17 bits per heavy atom. The minimum atomic E-state index is 0.142. The topological polar surface area (TPSA) is 32.3 Å². The van der Waals surface area contributed by atoms with Crippen molar-refractivity contribution in [3.8, 4) is 0 Å². The van der Waals surface area contributed by atoms with Crippen LogP contribution in [0.2, 0.25) is 0 Å². The monoisotopic (exact) mass is 322 g/mol. The first-order valence-electron chi connectivity index (χ1n) is 8.71. The molecule has 0 unspecified atom stereocenters. The van der Waals surface area contributed by atoms with Gasteiger partial charge in [0, 0.05) is 25.6 Å². The summed E-state index contributed by atoms with van der Waals surface area (Å²) in [6.45, 7) is 3.86. The van der Waals surface area contributed by atoms with Gasteiger partial charge in [-0.3, -0.25) is 9.69 Å². The molecule has 0 aliphatic carbocycles. The lowest BCUT2D eigenvalue weighted by Gasteiger charge is -2.35. The quantitative estimate of drug-likeness (QED) is 0.917. The van der Waals surface area contributed by atoms with Crippen molar-refractivity contribution in [1.82, 2.24) is 10.2 Å². The fourth-order valence-corrected chi connectivity index (χ4v) is 3.44. The van der Waals surface area contributed by atoms with E-state index in [0.29, 0.717) is 12.5 Å². The van der Waals surface area contributed by atoms with Crippen molar-refractivity contribution in [3.05, 3.63) is 70.8 Å². The number of benzene rings is 2. The van der Waals surface area contributed by atoms with Crippen LogP contribution in [0.4, 0.5) is 0 Å². The van der Waals surface area contributed by atoms with Crippen LogP contribution in [0.1, 0.15) is 28.7 Å². The van der Waals surface area contributed by atoms with E-state index in [1.165, 1.54) is 22.3 Å². The highest BCUT2D eigenvalue weighted by Crippen LogP contribution is 2.24. The van der Waals surface area contributed by atoms with Crippen molar-refractivity contribution < 1.29 is 4.79 Å². The molecule has 1 heterocycles. The number of rotatable bonds is 5. The number of amides is 1. The fourth-order valence-electron chi connectivity index (χ4n) is 3.44. The van der Waals surface area contributed by atoms with Crippen LogP contribution in [0, 0.1) is 6.92 Å². The van der Waals surface area contributed by atoms with E-state index in [1.807, 2.05) is 18.2 Å². The molecule has 0 saturated heterocycles. The highest BCUT2D eigenvalue weighted by Gasteiger charge is 2.24. The van der Waals surface area contributed by atoms with E-state index in [-0.39, 0.29) is 5.91 Å². The molecule has 0 radical (unpaired) electrons. The molecule has 1 aliphatic rings. The summed E-state index contributed by atoms with van der Waals surface area (Å²) >= 11 is 0. The third kappa shape index (κ3) is 4.04. The molecule has 2 aromatic rings. The van der Waals surface area contributed by atoms with Gasteiger partial charge in [-0.05, 0) is 49.1 Å². The maximum Gasteiger partial charge on any atom is 0.220 e. The second-order valence-corrected chi connectivity index (χ2v) is 6.78. The lowest BCUT2D eigenvalue weighted by atomic mass is 9.91. The third-order valence-electron chi connectivity index (χ3n) is 5.01. The van der Waals surface area contributed by atoms with Gasteiger partial charge in [-0.2, -0.15) is 0 Å². The number of hydrogen-bond acceptors (Lipinski definition) is 2. The number of carbonyl (C=O) groups excluding carboxylic acids is 1. The van der Waals surface area contributed by atoms with E-state index in [1.54, 1.807) is 0 Å². The zero-order valence-corrected chi connectivity index (χ0v) is 14.6. The largest absolute Gasteiger partial charge is 0.355 e. The zero-order chi connectivity index (χ0) is 16.9. The summed E-state index contributed by atoms with van der Waals surface area (Å²) in [5.41, 5.74) is 5.45. The zero-order valence-electron chi connectivity index (χ0n) is 14.6. The van der Waals surface area contributed by atoms with Gasteiger partial charge < -0.3 is 5.32 Å². The molecule has 0 saturated carbocycles. The molecule has 1 atom stereocenters. The summed E-state index contributed by atoms with van der Waals surface area (Å²) in [5.74, 6) is 0.142. The summed E-state index contributed by atoms with van der Waals surface area (Å²) in [6.07, 6.45) is 2.36. The van der Waals surface area contributed by atoms with Gasteiger partial charge in [0.2, 0.25) is 5.91 Å². The highest BCUT2D eigenvalue weighted by atomic mass is 16.1. The van der Waals surface area contributed by atoms with Crippen molar-refractivity contribution in [2.75, 3.05) is 13.6 Å². The van der Waals surface area contributed by atoms with Gasteiger partial charge in [-0.25, -0.2) is 0 Å². The summed E-state index contributed by atoms with van der Waals surface area (Å²) in [7, 11) is 2.14. The van der Waals surface area contributed by atoms with Crippen molar-refractivity contribution in [2.24, 2.45) is 0 Å². The lowest BCUT2D eigenvalue weighted by molar-refractivity contribution is -0.121. The Kier molecular flexibility index (Phi) is 5.31. The van der Waals surface area contributed by atoms with Crippen LogP contribution in [-0.4, -0.2) is 30.4 Å². The Bertz CT molecular complexity index is 696. The average molecular weight is 322 g/mol. The molecule has 1 aliphatic heterocycles. The summed E-state index contributed by atoms with van der Waals surface area (Å²) < 4.78 is 0. The summed E-state index contributed by atoms with van der Waals surface area (Å²) in [6, 6.07) is 17.1. The van der Waals surface area contributed by atoms with Crippen LogP contribution < -0.4 is 5.32 Å². The van der Waals surface area contributed by atoms with Crippen LogP contribution in [0.25, 0.3) is 0 Å². The molecule has 0 spiro atoms.